The third kappa shape index (κ3) is 8.22. The summed E-state index contributed by atoms with van der Waals surface area (Å²) in [4.78, 5) is 3.15. The van der Waals surface area contributed by atoms with E-state index in [1.165, 1.54) is 0 Å². The predicted molar refractivity (Wildman–Crippen MR) is 58.4 cm³/mol. The molecule has 0 aromatic rings. The first kappa shape index (κ1) is 14.2. The van der Waals surface area contributed by atoms with Crippen molar-refractivity contribution < 1.29 is 22.3 Å². The number of halogens is 1. The second-order valence-corrected chi connectivity index (χ2v) is 4.02. The zero-order valence-electron chi connectivity index (χ0n) is 7.49. The summed E-state index contributed by atoms with van der Waals surface area (Å²) in [7, 11) is -4.67. The molecule has 0 aromatic heterocycles. The van der Waals surface area contributed by atoms with Crippen LogP contribution in [0.2, 0.25) is 0 Å². The Bertz CT molecular complexity index is 401. The van der Waals surface area contributed by atoms with E-state index >= 15 is 0 Å². The van der Waals surface area contributed by atoms with Crippen LogP contribution in [0.1, 0.15) is 0 Å². The molecular weight excluding hydrogens is 288 g/mol. The van der Waals surface area contributed by atoms with Crippen LogP contribution in [-0.4, -0.2) is 33.4 Å². The van der Waals surface area contributed by atoms with E-state index in [4.69, 9.17) is 23.1 Å². The molecular formula is C7H9BrN2O4S. The van der Waals surface area contributed by atoms with Crippen molar-refractivity contribution in [3.63, 3.8) is 0 Å². The summed E-state index contributed by atoms with van der Waals surface area (Å²) in [6.45, 7) is 0. The van der Waals surface area contributed by atoms with Gasteiger partial charge in [0, 0.05) is 11.4 Å². The molecule has 8 heteroatoms. The molecule has 0 saturated heterocycles. The summed E-state index contributed by atoms with van der Waals surface area (Å²) >= 11 is 3.32. The predicted octanol–water partition coefficient (Wildman–Crippen LogP) is 1.14. The maximum absolute atomic E-state index is 8.74. The molecule has 0 saturated carbocycles. The van der Waals surface area contributed by atoms with Crippen molar-refractivity contribution in [1.82, 2.24) is 0 Å². The Morgan fingerprint density at radius 3 is 2.33 bits per heavy atom. The van der Waals surface area contributed by atoms with Crippen LogP contribution in [0.3, 0.4) is 0 Å². The van der Waals surface area contributed by atoms with E-state index in [1.54, 1.807) is 6.08 Å². The first-order chi connectivity index (χ1) is 6.88. The molecule has 0 spiro atoms. The topological polar surface area (TPSA) is 111 Å². The van der Waals surface area contributed by atoms with Gasteiger partial charge in [-0.1, -0.05) is 34.2 Å². The van der Waals surface area contributed by atoms with Gasteiger partial charge in [0.2, 0.25) is 0 Å². The molecule has 6 nitrogen and oxygen atoms in total. The van der Waals surface area contributed by atoms with Gasteiger partial charge in [0.1, 0.15) is 0 Å². The van der Waals surface area contributed by atoms with Gasteiger partial charge < -0.3 is 5.53 Å². The van der Waals surface area contributed by atoms with Crippen molar-refractivity contribution in [2.45, 2.75) is 0 Å². The summed E-state index contributed by atoms with van der Waals surface area (Å²) in [5.74, 6) is 0.218. The quantitative estimate of drug-likeness (QED) is 0.327. The molecule has 0 aromatic carbocycles. The fraction of sp³-hybridized carbons (Fsp3) is 0.286. The van der Waals surface area contributed by atoms with Crippen LogP contribution >= 0.6 is 15.9 Å². The van der Waals surface area contributed by atoms with Crippen molar-refractivity contribution in [2.75, 3.05) is 5.33 Å². The minimum absolute atomic E-state index is 0.218. The zero-order chi connectivity index (χ0) is 11.9. The largest absolute Gasteiger partial charge is 0.394 e. The first-order valence-corrected chi connectivity index (χ1v) is 6.23. The van der Waals surface area contributed by atoms with Crippen LogP contribution in [-0.2, 0) is 10.4 Å². The van der Waals surface area contributed by atoms with Gasteiger partial charge in [0.15, 0.2) is 0 Å². The van der Waals surface area contributed by atoms with E-state index in [-0.39, 0.29) is 5.92 Å². The number of alkyl halides is 1. The number of allylic oxidation sites excluding steroid dienone is 4. The van der Waals surface area contributed by atoms with Gasteiger partial charge in [0.25, 0.3) is 5.71 Å². The maximum atomic E-state index is 8.74. The average Bonchev–Trinajstić information content (AvgIpc) is 2.15. The SMILES string of the molecule is O=S(=O)(O)O.[N-]=[N+]=C1C=CC=CC1CBr. The van der Waals surface area contributed by atoms with Gasteiger partial charge in [-0.2, -0.15) is 13.2 Å². The van der Waals surface area contributed by atoms with Crippen molar-refractivity contribution >= 4 is 32.0 Å². The highest BCUT2D eigenvalue weighted by molar-refractivity contribution is 9.09. The van der Waals surface area contributed by atoms with Crippen LogP contribution < -0.4 is 0 Å². The highest BCUT2D eigenvalue weighted by Gasteiger charge is 2.17. The van der Waals surface area contributed by atoms with E-state index in [2.05, 4.69) is 20.7 Å². The summed E-state index contributed by atoms with van der Waals surface area (Å²) in [6.07, 6.45) is 7.59. The number of nitrogens with zero attached hydrogens (tertiary/aromatic N) is 2. The van der Waals surface area contributed by atoms with Gasteiger partial charge in [0.05, 0.1) is 5.92 Å². The second-order valence-electron chi connectivity index (χ2n) is 2.48. The molecule has 0 fully saturated rings. The van der Waals surface area contributed by atoms with Crippen LogP contribution in [0.4, 0.5) is 0 Å². The number of rotatable bonds is 1. The first-order valence-electron chi connectivity index (χ1n) is 3.71. The van der Waals surface area contributed by atoms with Crippen LogP contribution in [0.15, 0.2) is 24.3 Å². The van der Waals surface area contributed by atoms with E-state index in [0.717, 1.165) is 5.33 Å². The van der Waals surface area contributed by atoms with Gasteiger partial charge in [-0.15, -0.1) is 0 Å². The Balaban J connectivity index is 0.000000336. The minimum atomic E-state index is -4.67. The van der Waals surface area contributed by atoms with Crippen molar-refractivity contribution in [3.05, 3.63) is 29.8 Å². The zero-order valence-corrected chi connectivity index (χ0v) is 9.89. The fourth-order valence-corrected chi connectivity index (χ4v) is 1.36. The number of hydrogen-bond acceptors (Lipinski definition) is 2. The Hall–Kier alpha value is -0.790. The molecule has 1 aliphatic carbocycles. The Morgan fingerprint density at radius 2 is 2.00 bits per heavy atom. The van der Waals surface area contributed by atoms with Gasteiger partial charge >= 0.3 is 10.4 Å². The summed E-state index contributed by atoms with van der Waals surface area (Å²) < 4.78 is 31.6. The lowest BCUT2D eigenvalue weighted by Gasteiger charge is -2.02. The summed E-state index contributed by atoms with van der Waals surface area (Å²) in [6, 6.07) is 0. The summed E-state index contributed by atoms with van der Waals surface area (Å²) in [5, 5.41) is 0.799. The number of hydrogen-bond donors (Lipinski definition) is 2. The minimum Gasteiger partial charge on any atom is -0.361 e. The fourth-order valence-electron chi connectivity index (χ4n) is 0.813. The molecule has 84 valence electrons. The molecule has 1 unspecified atom stereocenters. The highest BCUT2D eigenvalue weighted by Crippen LogP contribution is 2.09. The van der Waals surface area contributed by atoms with Crippen LogP contribution in [0, 0.1) is 5.92 Å². The highest BCUT2D eigenvalue weighted by atomic mass is 79.9. The molecule has 0 heterocycles. The van der Waals surface area contributed by atoms with Gasteiger partial charge in [-0.3, -0.25) is 9.11 Å². The van der Waals surface area contributed by atoms with Crippen molar-refractivity contribution in [1.29, 1.82) is 0 Å². The van der Waals surface area contributed by atoms with E-state index < -0.39 is 10.4 Å². The molecule has 15 heavy (non-hydrogen) atoms. The second kappa shape index (κ2) is 6.65. The average molecular weight is 297 g/mol. The van der Waals surface area contributed by atoms with Crippen LogP contribution in [0.5, 0.6) is 0 Å². The Kier molecular flexibility index (Phi) is 6.30. The molecule has 0 amide bonds. The molecule has 1 aliphatic rings. The molecule has 0 radical (unpaired) electrons. The molecule has 1 rings (SSSR count). The molecule has 2 N–H and O–H groups in total. The third-order valence-corrected chi connectivity index (χ3v) is 2.08. The van der Waals surface area contributed by atoms with E-state index in [1.807, 2.05) is 18.2 Å². The van der Waals surface area contributed by atoms with Crippen molar-refractivity contribution in [2.24, 2.45) is 5.92 Å². The lowest BCUT2D eigenvalue weighted by atomic mass is 10.0. The van der Waals surface area contributed by atoms with Crippen LogP contribution in [0.25, 0.3) is 5.53 Å². The third-order valence-electron chi connectivity index (χ3n) is 1.38. The Labute approximate surface area is 95.6 Å². The smallest absolute Gasteiger partial charge is 0.361 e. The van der Waals surface area contributed by atoms with Crippen molar-refractivity contribution in [3.8, 4) is 0 Å². The van der Waals surface area contributed by atoms with E-state index in [9.17, 15) is 0 Å². The normalized spacial score (nSPS) is 19.1. The van der Waals surface area contributed by atoms with Gasteiger partial charge in [-0.25, -0.2) is 0 Å². The van der Waals surface area contributed by atoms with E-state index in [0.29, 0.717) is 5.71 Å². The monoisotopic (exact) mass is 296 g/mol. The summed E-state index contributed by atoms with van der Waals surface area (Å²) in [5.41, 5.74) is 9.18. The standard InChI is InChI=1S/C7H7BrN2.H2O4S/c8-5-6-3-1-2-4-7(6)10-9;1-5(2,3)4/h1-4,6H,5H2;(H2,1,2,3,4). The molecule has 0 bridgehead atoms. The maximum Gasteiger partial charge on any atom is 0.394 e. The lowest BCUT2D eigenvalue weighted by molar-refractivity contribution is -0.00840. The van der Waals surface area contributed by atoms with Gasteiger partial charge in [-0.05, 0) is 0 Å². The lowest BCUT2D eigenvalue weighted by Crippen LogP contribution is -2.13. The molecule has 0 aliphatic heterocycles. The molecule has 1 atom stereocenters. The Morgan fingerprint density at radius 1 is 1.47 bits per heavy atom.